The number of carbonyl (C=O) groups is 1. The standard InChI is InChI=1S/C11H17N9O/c1-3-4-14-9-17-10(15-5-8(21)12-2)19-11(18-9)20-7-13-6-16-20/h6-7H,3-5H2,1-2H3,(H,12,21)(H2,14,15,17,18,19). The third kappa shape index (κ3) is 4.09. The topological polar surface area (TPSA) is 123 Å². The van der Waals surface area contributed by atoms with Crippen molar-refractivity contribution in [1.29, 1.82) is 0 Å². The number of amides is 1. The molecular formula is C11H17N9O. The average Bonchev–Trinajstić information content (AvgIpc) is 3.04. The first-order valence-corrected chi connectivity index (χ1v) is 6.52. The van der Waals surface area contributed by atoms with Gasteiger partial charge in [0.25, 0.3) is 5.95 Å². The molecule has 0 radical (unpaired) electrons. The molecule has 2 heterocycles. The van der Waals surface area contributed by atoms with Gasteiger partial charge in [-0.05, 0) is 6.42 Å². The molecule has 2 aromatic rings. The molecule has 1 amide bonds. The second kappa shape index (κ2) is 7.12. The Kier molecular flexibility index (Phi) is 4.96. The number of hydrogen-bond acceptors (Lipinski definition) is 8. The quantitative estimate of drug-likeness (QED) is 0.620. The maximum absolute atomic E-state index is 11.3. The van der Waals surface area contributed by atoms with Crippen molar-refractivity contribution in [3.63, 3.8) is 0 Å². The van der Waals surface area contributed by atoms with Gasteiger partial charge in [0.1, 0.15) is 12.7 Å². The van der Waals surface area contributed by atoms with Gasteiger partial charge in [-0.15, -0.1) is 0 Å². The molecule has 0 spiro atoms. The Balaban J connectivity index is 2.22. The van der Waals surface area contributed by atoms with Crippen molar-refractivity contribution >= 4 is 17.8 Å². The monoisotopic (exact) mass is 291 g/mol. The number of nitrogens with zero attached hydrogens (tertiary/aromatic N) is 6. The molecule has 0 atom stereocenters. The first-order chi connectivity index (χ1) is 10.2. The fourth-order valence-corrected chi connectivity index (χ4v) is 1.42. The van der Waals surface area contributed by atoms with E-state index in [9.17, 15) is 4.79 Å². The van der Waals surface area contributed by atoms with Crippen molar-refractivity contribution in [1.82, 2.24) is 35.0 Å². The van der Waals surface area contributed by atoms with E-state index < -0.39 is 0 Å². The number of nitrogens with one attached hydrogen (secondary N) is 3. The summed E-state index contributed by atoms with van der Waals surface area (Å²) >= 11 is 0. The van der Waals surface area contributed by atoms with Gasteiger partial charge in [-0.25, -0.2) is 4.98 Å². The zero-order chi connectivity index (χ0) is 15.1. The Morgan fingerprint density at radius 3 is 2.62 bits per heavy atom. The minimum absolute atomic E-state index is 0.0739. The molecule has 0 aromatic carbocycles. The summed E-state index contributed by atoms with van der Waals surface area (Å²) < 4.78 is 1.42. The van der Waals surface area contributed by atoms with Crippen LogP contribution >= 0.6 is 0 Å². The molecule has 3 N–H and O–H groups in total. The smallest absolute Gasteiger partial charge is 0.258 e. The van der Waals surface area contributed by atoms with Crippen LogP contribution < -0.4 is 16.0 Å². The van der Waals surface area contributed by atoms with Gasteiger partial charge in [0.2, 0.25) is 17.8 Å². The summed E-state index contributed by atoms with van der Waals surface area (Å²) in [6.45, 7) is 2.84. The molecule has 2 rings (SSSR count). The van der Waals surface area contributed by atoms with Crippen molar-refractivity contribution in [3.05, 3.63) is 12.7 Å². The number of aromatic nitrogens is 6. The Morgan fingerprint density at radius 2 is 2.00 bits per heavy atom. The van der Waals surface area contributed by atoms with Gasteiger partial charge >= 0.3 is 0 Å². The summed E-state index contributed by atoms with van der Waals surface area (Å²) in [5, 5.41) is 12.4. The van der Waals surface area contributed by atoms with Crippen LogP contribution in [0.5, 0.6) is 0 Å². The Hall–Kier alpha value is -2.78. The van der Waals surface area contributed by atoms with Crippen LogP contribution in [0, 0.1) is 0 Å². The SMILES string of the molecule is CCCNc1nc(NCC(=O)NC)nc(-n2cncn2)n1. The molecule has 10 heteroatoms. The van der Waals surface area contributed by atoms with Crippen LogP contribution in [0.4, 0.5) is 11.9 Å². The third-order valence-corrected chi connectivity index (χ3v) is 2.47. The van der Waals surface area contributed by atoms with E-state index in [-0.39, 0.29) is 18.4 Å². The van der Waals surface area contributed by atoms with Crippen LogP contribution in [0.15, 0.2) is 12.7 Å². The summed E-state index contributed by atoms with van der Waals surface area (Å²) in [5.41, 5.74) is 0. The highest BCUT2D eigenvalue weighted by atomic mass is 16.1. The largest absolute Gasteiger partial charge is 0.358 e. The van der Waals surface area contributed by atoms with Crippen molar-refractivity contribution in [2.45, 2.75) is 13.3 Å². The molecule has 10 nitrogen and oxygen atoms in total. The van der Waals surface area contributed by atoms with Crippen molar-refractivity contribution < 1.29 is 4.79 Å². The Bertz CT molecular complexity index is 583. The van der Waals surface area contributed by atoms with Crippen LogP contribution in [-0.2, 0) is 4.79 Å². The molecule has 2 aromatic heterocycles. The lowest BCUT2D eigenvalue weighted by atomic mass is 10.5. The molecule has 0 saturated carbocycles. The minimum atomic E-state index is -0.166. The molecule has 21 heavy (non-hydrogen) atoms. The number of carbonyl (C=O) groups excluding carboxylic acids is 1. The van der Waals surface area contributed by atoms with E-state index in [0.717, 1.165) is 13.0 Å². The molecule has 0 bridgehead atoms. The normalized spacial score (nSPS) is 10.2. The van der Waals surface area contributed by atoms with Gasteiger partial charge in [0.05, 0.1) is 6.54 Å². The van der Waals surface area contributed by atoms with Crippen LogP contribution in [-0.4, -0.2) is 55.8 Å². The van der Waals surface area contributed by atoms with Crippen LogP contribution in [0.25, 0.3) is 5.95 Å². The van der Waals surface area contributed by atoms with E-state index in [2.05, 4.69) is 41.0 Å². The van der Waals surface area contributed by atoms with Crippen LogP contribution in [0.1, 0.15) is 13.3 Å². The molecular weight excluding hydrogens is 274 g/mol. The van der Waals surface area contributed by atoms with Gasteiger partial charge in [0.15, 0.2) is 0 Å². The van der Waals surface area contributed by atoms with E-state index >= 15 is 0 Å². The maximum atomic E-state index is 11.3. The Labute approximate surface area is 121 Å². The molecule has 0 saturated heterocycles. The zero-order valence-electron chi connectivity index (χ0n) is 11.9. The molecule has 0 aliphatic rings. The highest BCUT2D eigenvalue weighted by Gasteiger charge is 2.09. The molecule has 0 aliphatic heterocycles. The minimum Gasteiger partial charge on any atom is -0.358 e. The summed E-state index contributed by atoms with van der Waals surface area (Å²) in [5.74, 6) is 0.857. The summed E-state index contributed by atoms with van der Waals surface area (Å²) in [6, 6.07) is 0. The highest BCUT2D eigenvalue weighted by Crippen LogP contribution is 2.08. The maximum Gasteiger partial charge on any atom is 0.258 e. The van der Waals surface area contributed by atoms with Gasteiger partial charge in [-0.2, -0.15) is 24.7 Å². The second-order valence-electron chi connectivity index (χ2n) is 4.08. The van der Waals surface area contributed by atoms with E-state index in [1.54, 1.807) is 7.05 Å². The average molecular weight is 291 g/mol. The molecule has 0 fully saturated rings. The van der Waals surface area contributed by atoms with E-state index in [4.69, 9.17) is 0 Å². The second-order valence-corrected chi connectivity index (χ2v) is 4.08. The fourth-order valence-electron chi connectivity index (χ4n) is 1.42. The lowest BCUT2D eigenvalue weighted by Crippen LogP contribution is -2.27. The fraction of sp³-hybridized carbons (Fsp3) is 0.455. The lowest BCUT2D eigenvalue weighted by Gasteiger charge is -2.09. The first-order valence-electron chi connectivity index (χ1n) is 6.52. The van der Waals surface area contributed by atoms with E-state index in [0.29, 0.717) is 11.9 Å². The summed E-state index contributed by atoms with van der Waals surface area (Å²) in [4.78, 5) is 27.8. The van der Waals surface area contributed by atoms with Crippen molar-refractivity contribution in [3.8, 4) is 5.95 Å². The van der Waals surface area contributed by atoms with Gasteiger partial charge in [-0.3, -0.25) is 4.79 Å². The number of rotatable bonds is 7. The predicted molar refractivity (Wildman–Crippen MR) is 76.1 cm³/mol. The van der Waals surface area contributed by atoms with Gasteiger partial charge in [-0.1, -0.05) is 6.92 Å². The van der Waals surface area contributed by atoms with Crippen LogP contribution in [0.2, 0.25) is 0 Å². The molecule has 0 unspecified atom stereocenters. The lowest BCUT2D eigenvalue weighted by molar-refractivity contribution is -0.118. The number of likely N-dealkylation sites (N-methyl/N-ethyl adjacent to an activating group) is 1. The zero-order valence-corrected chi connectivity index (χ0v) is 11.9. The van der Waals surface area contributed by atoms with Gasteiger partial charge < -0.3 is 16.0 Å². The van der Waals surface area contributed by atoms with Crippen molar-refractivity contribution in [2.75, 3.05) is 30.8 Å². The molecule has 112 valence electrons. The van der Waals surface area contributed by atoms with Gasteiger partial charge in [0, 0.05) is 13.6 Å². The predicted octanol–water partition coefficient (Wildman–Crippen LogP) is -0.568. The summed E-state index contributed by atoms with van der Waals surface area (Å²) in [6.07, 6.45) is 3.81. The highest BCUT2D eigenvalue weighted by molar-refractivity contribution is 5.79. The number of hydrogen-bond donors (Lipinski definition) is 3. The first kappa shape index (κ1) is 14.6. The molecule has 0 aliphatic carbocycles. The third-order valence-electron chi connectivity index (χ3n) is 2.47. The number of anilines is 2. The van der Waals surface area contributed by atoms with Crippen molar-refractivity contribution in [2.24, 2.45) is 0 Å². The Morgan fingerprint density at radius 1 is 1.24 bits per heavy atom. The van der Waals surface area contributed by atoms with Crippen LogP contribution in [0.3, 0.4) is 0 Å². The summed E-state index contributed by atoms with van der Waals surface area (Å²) in [7, 11) is 1.56. The van der Waals surface area contributed by atoms with E-state index in [1.807, 2.05) is 6.92 Å². The van der Waals surface area contributed by atoms with E-state index in [1.165, 1.54) is 17.3 Å².